The predicted octanol–water partition coefficient (Wildman–Crippen LogP) is 2.60. The number of hydrogen-bond donors (Lipinski definition) is 2. The van der Waals surface area contributed by atoms with Crippen molar-refractivity contribution < 1.29 is 4.74 Å². The number of aryl methyl sites for hydroxylation is 1. The highest BCUT2D eigenvalue weighted by Crippen LogP contribution is 2.26. The van der Waals surface area contributed by atoms with Crippen molar-refractivity contribution in [2.75, 3.05) is 7.11 Å². The minimum absolute atomic E-state index is 0.0161. The number of aromatic amines is 1. The van der Waals surface area contributed by atoms with E-state index in [-0.39, 0.29) is 10.9 Å². The van der Waals surface area contributed by atoms with E-state index in [0.717, 1.165) is 17.0 Å². The van der Waals surface area contributed by atoms with Crippen LogP contribution in [-0.4, -0.2) is 12.1 Å². The first-order chi connectivity index (χ1) is 9.10. The summed E-state index contributed by atoms with van der Waals surface area (Å²) in [5, 5.41) is 5.23. The highest BCUT2D eigenvalue weighted by Gasteiger charge is 2.11. The minimum Gasteiger partial charge on any atom is -0.496 e. The molecule has 5 heteroatoms. The average Bonchev–Trinajstić information content (AvgIpc) is 2.81. The third-order valence-corrected chi connectivity index (χ3v) is 3.74. The van der Waals surface area contributed by atoms with E-state index in [9.17, 15) is 4.79 Å². The van der Waals surface area contributed by atoms with Gasteiger partial charge in [-0.2, -0.15) is 0 Å². The molecule has 1 heterocycles. The molecule has 2 aromatic rings. The Morgan fingerprint density at radius 2 is 2.26 bits per heavy atom. The zero-order chi connectivity index (χ0) is 13.8. The number of rotatable bonds is 5. The standard InChI is InChI=1S/C14H18N2O2S/c1-9-4-5-13(18-3)12(6-9)10(2)15-7-11-8-19-14(17)16-11/h4-6,8,10,15H,7H2,1-3H3,(H,16,17). The molecule has 0 spiro atoms. The van der Waals surface area contributed by atoms with Crippen molar-refractivity contribution in [1.82, 2.24) is 10.3 Å². The van der Waals surface area contributed by atoms with E-state index in [1.54, 1.807) is 7.11 Å². The lowest BCUT2D eigenvalue weighted by Gasteiger charge is -2.17. The molecule has 0 bridgehead atoms. The summed E-state index contributed by atoms with van der Waals surface area (Å²) in [5.74, 6) is 0.879. The summed E-state index contributed by atoms with van der Waals surface area (Å²) in [5.41, 5.74) is 3.24. The second-order valence-electron chi connectivity index (χ2n) is 4.52. The molecule has 2 N–H and O–H groups in total. The first kappa shape index (κ1) is 13.8. The number of nitrogens with one attached hydrogen (secondary N) is 2. The van der Waals surface area contributed by atoms with Crippen LogP contribution in [0.3, 0.4) is 0 Å². The van der Waals surface area contributed by atoms with Crippen LogP contribution in [0.1, 0.15) is 29.8 Å². The molecule has 102 valence electrons. The van der Waals surface area contributed by atoms with Gasteiger partial charge in [-0.1, -0.05) is 29.0 Å². The van der Waals surface area contributed by atoms with E-state index in [0.29, 0.717) is 6.54 Å². The maximum atomic E-state index is 11.1. The topological polar surface area (TPSA) is 54.1 Å². The lowest BCUT2D eigenvalue weighted by atomic mass is 10.0. The molecule has 4 nitrogen and oxygen atoms in total. The van der Waals surface area contributed by atoms with Crippen molar-refractivity contribution >= 4 is 11.3 Å². The molecule has 2 rings (SSSR count). The van der Waals surface area contributed by atoms with Gasteiger partial charge < -0.3 is 15.0 Å². The van der Waals surface area contributed by atoms with Gasteiger partial charge in [-0.3, -0.25) is 4.79 Å². The molecule has 0 radical (unpaired) electrons. The van der Waals surface area contributed by atoms with Gasteiger partial charge in [0.2, 0.25) is 0 Å². The Morgan fingerprint density at radius 3 is 2.89 bits per heavy atom. The van der Waals surface area contributed by atoms with Gasteiger partial charge in [-0.25, -0.2) is 0 Å². The first-order valence-electron chi connectivity index (χ1n) is 6.14. The van der Waals surface area contributed by atoms with Gasteiger partial charge >= 0.3 is 4.87 Å². The maximum Gasteiger partial charge on any atom is 0.304 e. The Balaban J connectivity index is 2.09. The molecule has 0 saturated carbocycles. The van der Waals surface area contributed by atoms with Crippen LogP contribution >= 0.6 is 11.3 Å². The highest BCUT2D eigenvalue weighted by molar-refractivity contribution is 7.07. The zero-order valence-corrected chi connectivity index (χ0v) is 12.1. The van der Waals surface area contributed by atoms with E-state index in [1.165, 1.54) is 16.9 Å². The predicted molar refractivity (Wildman–Crippen MR) is 77.9 cm³/mol. The largest absolute Gasteiger partial charge is 0.496 e. The molecule has 0 aliphatic rings. The Kier molecular flexibility index (Phi) is 4.39. The van der Waals surface area contributed by atoms with Gasteiger partial charge in [-0.05, 0) is 19.9 Å². The molecule has 1 aromatic carbocycles. The van der Waals surface area contributed by atoms with E-state index in [1.807, 2.05) is 17.5 Å². The third kappa shape index (κ3) is 3.45. The molecule has 0 aliphatic heterocycles. The van der Waals surface area contributed by atoms with Gasteiger partial charge in [0.1, 0.15) is 5.75 Å². The highest BCUT2D eigenvalue weighted by atomic mass is 32.1. The number of hydrogen-bond acceptors (Lipinski definition) is 4. The van der Waals surface area contributed by atoms with Gasteiger partial charge in [0.05, 0.1) is 7.11 Å². The van der Waals surface area contributed by atoms with Crippen LogP contribution in [0, 0.1) is 6.92 Å². The summed E-state index contributed by atoms with van der Waals surface area (Å²) in [4.78, 5) is 13.8. The quantitative estimate of drug-likeness (QED) is 0.884. The normalized spacial score (nSPS) is 12.4. The number of ether oxygens (including phenoxy) is 1. The molecule has 0 amide bonds. The molecule has 1 aromatic heterocycles. The molecule has 0 fully saturated rings. The van der Waals surface area contributed by atoms with Crippen molar-refractivity contribution in [3.8, 4) is 5.75 Å². The third-order valence-electron chi connectivity index (χ3n) is 3.02. The monoisotopic (exact) mass is 278 g/mol. The lowest BCUT2D eigenvalue weighted by Crippen LogP contribution is -2.19. The summed E-state index contributed by atoms with van der Waals surface area (Å²) >= 11 is 1.19. The lowest BCUT2D eigenvalue weighted by molar-refractivity contribution is 0.401. The number of H-pyrrole nitrogens is 1. The Bertz CT molecular complexity index is 603. The Morgan fingerprint density at radius 1 is 1.47 bits per heavy atom. The molecule has 1 unspecified atom stereocenters. The fourth-order valence-corrected chi connectivity index (χ4v) is 2.55. The maximum absolute atomic E-state index is 11.1. The zero-order valence-electron chi connectivity index (χ0n) is 11.3. The average molecular weight is 278 g/mol. The summed E-state index contributed by atoms with van der Waals surface area (Å²) in [6.07, 6.45) is 0. The Hall–Kier alpha value is -1.59. The van der Waals surface area contributed by atoms with Crippen LogP contribution in [0.15, 0.2) is 28.4 Å². The fraction of sp³-hybridized carbons (Fsp3) is 0.357. The smallest absolute Gasteiger partial charge is 0.304 e. The van der Waals surface area contributed by atoms with Crippen molar-refractivity contribution in [1.29, 1.82) is 0 Å². The molecule has 0 saturated heterocycles. The summed E-state index contributed by atoms with van der Waals surface area (Å²) in [7, 11) is 1.68. The summed E-state index contributed by atoms with van der Waals surface area (Å²) in [6.45, 7) is 4.78. The number of aromatic nitrogens is 1. The van der Waals surface area contributed by atoms with Crippen LogP contribution in [0.5, 0.6) is 5.75 Å². The van der Waals surface area contributed by atoms with Gasteiger partial charge in [0.25, 0.3) is 0 Å². The molecular weight excluding hydrogens is 260 g/mol. The second-order valence-corrected chi connectivity index (χ2v) is 5.36. The molecule has 19 heavy (non-hydrogen) atoms. The van der Waals surface area contributed by atoms with Gasteiger partial charge in [0, 0.05) is 29.2 Å². The van der Waals surface area contributed by atoms with Crippen LogP contribution in [0.2, 0.25) is 0 Å². The summed E-state index contributed by atoms with van der Waals surface area (Å²) in [6, 6.07) is 6.28. The Labute approximate surface area is 116 Å². The first-order valence-corrected chi connectivity index (χ1v) is 7.02. The molecular formula is C14H18N2O2S. The van der Waals surface area contributed by atoms with Crippen molar-refractivity contribution in [3.05, 3.63) is 50.1 Å². The second kappa shape index (κ2) is 6.04. The number of thiazole rings is 1. The van der Waals surface area contributed by atoms with E-state index >= 15 is 0 Å². The SMILES string of the molecule is COc1ccc(C)cc1C(C)NCc1csc(=O)[nH]1. The summed E-state index contributed by atoms with van der Waals surface area (Å²) < 4.78 is 5.38. The van der Waals surface area contributed by atoms with Crippen molar-refractivity contribution in [2.24, 2.45) is 0 Å². The number of benzene rings is 1. The van der Waals surface area contributed by atoms with E-state index in [2.05, 4.69) is 30.2 Å². The van der Waals surface area contributed by atoms with E-state index < -0.39 is 0 Å². The van der Waals surface area contributed by atoms with Crippen LogP contribution < -0.4 is 14.9 Å². The molecule has 1 atom stereocenters. The van der Waals surface area contributed by atoms with Crippen molar-refractivity contribution in [2.45, 2.75) is 26.4 Å². The van der Waals surface area contributed by atoms with E-state index in [4.69, 9.17) is 4.74 Å². The van der Waals surface area contributed by atoms with Gasteiger partial charge in [0.15, 0.2) is 0 Å². The minimum atomic E-state index is -0.0161. The number of methoxy groups -OCH3 is 1. The molecule has 0 aliphatic carbocycles. The van der Waals surface area contributed by atoms with Crippen LogP contribution in [-0.2, 0) is 6.54 Å². The fourth-order valence-electron chi connectivity index (χ4n) is 1.97. The van der Waals surface area contributed by atoms with Crippen LogP contribution in [0.25, 0.3) is 0 Å². The van der Waals surface area contributed by atoms with Crippen molar-refractivity contribution in [3.63, 3.8) is 0 Å². The van der Waals surface area contributed by atoms with Gasteiger partial charge in [-0.15, -0.1) is 0 Å². The van der Waals surface area contributed by atoms with Crippen LogP contribution in [0.4, 0.5) is 0 Å².